The molecule has 0 aromatic heterocycles. The second kappa shape index (κ2) is 21.2. The van der Waals surface area contributed by atoms with Gasteiger partial charge in [-0.05, 0) is 12.8 Å². The number of nitrogens with one attached hydrogen (secondary N) is 1. The Bertz CT molecular complexity index is 407. The van der Waals surface area contributed by atoms with Gasteiger partial charge < -0.3 is 25.7 Å². The Morgan fingerprint density at radius 1 is 0.677 bits per heavy atom. The van der Waals surface area contributed by atoms with E-state index in [9.17, 15) is 25.2 Å². The fraction of sp³-hybridized carbons (Fsp3) is 0.960. The molecule has 0 aromatic carbocycles. The van der Waals surface area contributed by atoms with Crippen LogP contribution in [-0.2, 0) is 4.79 Å². The molecule has 0 saturated carbocycles. The van der Waals surface area contributed by atoms with Gasteiger partial charge in [0.25, 0.3) is 0 Å². The van der Waals surface area contributed by atoms with Crippen molar-refractivity contribution in [1.29, 1.82) is 0 Å². The van der Waals surface area contributed by atoms with Crippen molar-refractivity contribution >= 4 is 5.91 Å². The van der Waals surface area contributed by atoms with Crippen LogP contribution >= 0.6 is 0 Å². The molecule has 0 aliphatic carbocycles. The molecule has 6 heteroatoms. The van der Waals surface area contributed by atoms with E-state index in [-0.39, 0.29) is 0 Å². The second-order valence-corrected chi connectivity index (χ2v) is 9.04. The molecule has 0 aliphatic heterocycles. The van der Waals surface area contributed by atoms with Crippen LogP contribution in [0.25, 0.3) is 0 Å². The first-order chi connectivity index (χ1) is 15.0. The molecule has 0 heterocycles. The summed E-state index contributed by atoms with van der Waals surface area (Å²) in [5.41, 5.74) is 0. The zero-order valence-electron chi connectivity index (χ0n) is 20.2. The third-order valence-corrected chi connectivity index (χ3v) is 6.07. The molecule has 0 rings (SSSR count). The highest BCUT2D eigenvalue weighted by Crippen LogP contribution is 2.14. The van der Waals surface area contributed by atoms with Gasteiger partial charge in [0.05, 0.1) is 18.8 Å². The minimum Gasteiger partial charge on any atom is -0.394 e. The fourth-order valence-corrected chi connectivity index (χ4v) is 3.87. The Morgan fingerprint density at radius 2 is 1.10 bits per heavy atom. The molecule has 5 N–H and O–H groups in total. The van der Waals surface area contributed by atoms with Crippen molar-refractivity contribution in [2.24, 2.45) is 0 Å². The molecular formula is C25H51NO5. The maximum atomic E-state index is 12.2. The van der Waals surface area contributed by atoms with E-state index >= 15 is 0 Å². The summed E-state index contributed by atoms with van der Waals surface area (Å²) < 4.78 is 0. The molecule has 1 amide bonds. The number of carbonyl (C=O) groups is 1. The normalized spacial score (nSPS) is 15.4. The fourth-order valence-electron chi connectivity index (χ4n) is 3.87. The molecule has 4 unspecified atom stereocenters. The third kappa shape index (κ3) is 16.6. The summed E-state index contributed by atoms with van der Waals surface area (Å²) in [4.78, 5) is 12.2. The molecule has 186 valence electrons. The maximum absolute atomic E-state index is 12.2. The van der Waals surface area contributed by atoms with Crippen LogP contribution in [0.5, 0.6) is 0 Å². The number of amides is 1. The minimum absolute atomic E-state index is 0.372. The second-order valence-electron chi connectivity index (χ2n) is 9.04. The smallest absolute Gasteiger partial charge is 0.249 e. The van der Waals surface area contributed by atoms with Gasteiger partial charge in [0, 0.05) is 0 Å². The molecule has 0 spiro atoms. The van der Waals surface area contributed by atoms with Gasteiger partial charge in [-0.15, -0.1) is 0 Å². The lowest BCUT2D eigenvalue weighted by Crippen LogP contribution is -2.53. The Morgan fingerprint density at radius 3 is 1.55 bits per heavy atom. The topological polar surface area (TPSA) is 110 Å². The van der Waals surface area contributed by atoms with E-state index in [4.69, 9.17) is 0 Å². The van der Waals surface area contributed by atoms with Gasteiger partial charge >= 0.3 is 0 Å². The summed E-state index contributed by atoms with van der Waals surface area (Å²) in [5.74, 6) is -0.593. The third-order valence-electron chi connectivity index (χ3n) is 6.07. The minimum atomic E-state index is -1.25. The number of unbranched alkanes of at least 4 members (excludes halogenated alkanes) is 13. The van der Waals surface area contributed by atoms with E-state index in [2.05, 4.69) is 19.2 Å². The molecule has 0 bridgehead atoms. The number of carbonyl (C=O) groups excluding carboxylic acids is 1. The van der Waals surface area contributed by atoms with E-state index < -0.39 is 36.9 Å². The molecule has 0 radical (unpaired) electrons. The first kappa shape index (κ1) is 30.3. The first-order valence-corrected chi connectivity index (χ1v) is 12.9. The highest BCUT2D eigenvalue weighted by atomic mass is 16.3. The molecule has 0 aromatic rings. The Labute approximate surface area is 190 Å². The van der Waals surface area contributed by atoms with Gasteiger partial charge in [0.15, 0.2) is 0 Å². The van der Waals surface area contributed by atoms with Crippen molar-refractivity contribution in [3.05, 3.63) is 0 Å². The molecule has 31 heavy (non-hydrogen) atoms. The van der Waals surface area contributed by atoms with Crippen LogP contribution in [-0.4, -0.2) is 57.3 Å². The lowest BCUT2D eigenvalue weighted by atomic mass is 9.99. The predicted octanol–water partition coefficient (Wildman–Crippen LogP) is 4.22. The Hall–Kier alpha value is -0.690. The molecule has 4 atom stereocenters. The molecule has 0 fully saturated rings. The quantitative estimate of drug-likeness (QED) is 0.160. The van der Waals surface area contributed by atoms with E-state index in [1.54, 1.807) is 0 Å². The van der Waals surface area contributed by atoms with Crippen molar-refractivity contribution in [1.82, 2.24) is 5.32 Å². The molecule has 0 saturated heterocycles. The summed E-state index contributed by atoms with van der Waals surface area (Å²) in [7, 11) is 0. The van der Waals surface area contributed by atoms with E-state index in [1.807, 2.05) is 0 Å². The van der Waals surface area contributed by atoms with Crippen LogP contribution in [0, 0.1) is 0 Å². The average Bonchev–Trinajstić information content (AvgIpc) is 2.77. The van der Waals surface area contributed by atoms with Crippen molar-refractivity contribution in [3.63, 3.8) is 0 Å². The summed E-state index contributed by atoms with van der Waals surface area (Å²) in [6.45, 7) is 3.88. The number of rotatable bonds is 22. The van der Waals surface area contributed by atoms with Crippen molar-refractivity contribution in [2.75, 3.05) is 6.61 Å². The highest BCUT2D eigenvalue weighted by Gasteiger charge is 2.28. The number of hydrogen-bond acceptors (Lipinski definition) is 5. The van der Waals surface area contributed by atoms with E-state index in [1.165, 1.54) is 44.9 Å². The standard InChI is InChI=1S/C25H51NO5/c1-3-5-7-9-10-11-12-13-15-17-19-23(29)25(31)26-21(20-27)24(30)22(28)18-16-14-8-6-4-2/h21-24,27-30H,3-20H2,1-2H3,(H,26,31). The lowest BCUT2D eigenvalue weighted by Gasteiger charge is -2.27. The molecule has 0 aliphatic rings. The van der Waals surface area contributed by atoms with Crippen LogP contribution in [0.1, 0.15) is 123 Å². The van der Waals surface area contributed by atoms with Crippen LogP contribution in [0.4, 0.5) is 0 Å². The Kier molecular flexibility index (Phi) is 20.7. The van der Waals surface area contributed by atoms with Crippen LogP contribution in [0.3, 0.4) is 0 Å². The van der Waals surface area contributed by atoms with E-state index in [0.717, 1.165) is 51.4 Å². The largest absolute Gasteiger partial charge is 0.394 e. The predicted molar refractivity (Wildman–Crippen MR) is 127 cm³/mol. The van der Waals surface area contributed by atoms with Gasteiger partial charge in [-0.25, -0.2) is 0 Å². The van der Waals surface area contributed by atoms with Crippen molar-refractivity contribution in [3.8, 4) is 0 Å². The van der Waals surface area contributed by atoms with Crippen molar-refractivity contribution < 1.29 is 25.2 Å². The summed E-state index contributed by atoms with van der Waals surface area (Å²) >= 11 is 0. The van der Waals surface area contributed by atoms with Gasteiger partial charge in [0.2, 0.25) is 5.91 Å². The Balaban J connectivity index is 3.96. The SMILES string of the molecule is CCCCCCCCCCCCC(O)C(=O)NC(CO)C(O)C(O)CCCCCCC. The highest BCUT2D eigenvalue weighted by molar-refractivity contribution is 5.80. The van der Waals surface area contributed by atoms with Gasteiger partial charge in [0.1, 0.15) is 12.2 Å². The van der Waals surface area contributed by atoms with Crippen LogP contribution < -0.4 is 5.32 Å². The van der Waals surface area contributed by atoms with Gasteiger partial charge in [-0.3, -0.25) is 4.79 Å². The summed E-state index contributed by atoms with van der Waals surface area (Å²) in [5, 5.41) is 42.5. The molecular weight excluding hydrogens is 394 g/mol. The summed E-state index contributed by atoms with van der Waals surface area (Å²) in [6, 6.07) is -0.972. The van der Waals surface area contributed by atoms with Gasteiger partial charge in [-0.2, -0.15) is 0 Å². The zero-order chi connectivity index (χ0) is 23.3. The monoisotopic (exact) mass is 445 g/mol. The summed E-state index contributed by atoms with van der Waals surface area (Å²) in [6.07, 6.45) is 14.5. The average molecular weight is 446 g/mol. The van der Waals surface area contributed by atoms with Crippen molar-refractivity contribution in [2.45, 2.75) is 147 Å². The number of aliphatic hydroxyl groups is 4. The zero-order valence-corrected chi connectivity index (χ0v) is 20.2. The van der Waals surface area contributed by atoms with E-state index in [0.29, 0.717) is 12.8 Å². The number of hydrogen-bond donors (Lipinski definition) is 5. The lowest BCUT2D eigenvalue weighted by molar-refractivity contribution is -0.132. The van der Waals surface area contributed by atoms with Gasteiger partial charge in [-0.1, -0.05) is 110 Å². The van der Waals surface area contributed by atoms with Crippen LogP contribution in [0.15, 0.2) is 0 Å². The van der Waals surface area contributed by atoms with Crippen LogP contribution in [0.2, 0.25) is 0 Å². The molecule has 6 nitrogen and oxygen atoms in total. The first-order valence-electron chi connectivity index (χ1n) is 12.9. The number of aliphatic hydroxyl groups excluding tert-OH is 4. The maximum Gasteiger partial charge on any atom is 0.249 e.